The van der Waals surface area contributed by atoms with Crippen LogP contribution >= 0.6 is 23.4 Å². The molecule has 0 bridgehead atoms. The van der Waals surface area contributed by atoms with E-state index >= 15 is 0 Å². The molecule has 5 nitrogen and oxygen atoms in total. The van der Waals surface area contributed by atoms with Gasteiger partial charge < -0.3 is 15.1 Å². The second kappa shape index (κ2) is 10.9. The van der Waals surface area contributed by atoms with Crippen LogP contribution in [0.25, 0.3) is 0 Å². The van der Waals surface area contributed by atoms with E-state index in [0.29, 0.717) is 16.1 Å². The van der Waals surface area contributed by atoms with Crippen LogP contribution in [-0.4, -0.2) is 11.8 Å². The lowest BCUT2D eigenvalue weighted by atomic mass is 10.1. The van der Waals surface area contributed by atoms with E-state index in [9.17, 15) is 22.8 Å². The first-order chi connectivity index (χ1) is 17.2. The molecule has 1 aromatic heterocycles. The number of hydrogen-bond acceptors (Lipinski definition) is 4. The van der Waals surface area contributed by atoms with Crippen LogP contribution in [0, 0.1) is 0 Å². The molecule has 0 aliphatic heterocycles. The van der Waals surface area contributed by atoms with Gasteiger partial charge in [0.05, 0.1) is 22.5 Å². The molecule has 1 atom stereocenters. The fraction of sp³-hybridized carbons (Fsp3) is 0.0769. The molecule has 0 fully saturated rings. The molecule has 0 radical (unpaired) electrons. The number of thioether (sulfide) groups is 1. The Morgan fingerprint density at radius 1 is 0.889 bits per heavy atom. The smallest absolute Gasteiger partial charge is 0.416 e. The fourth-order valence-electron chi connectivity index (χ4n) is 3.28. The van der Waals surface area contributed by atoms with Crippen molar-refractivity contribution in [3.63, 3.8) is 0 Å². The molecule has 1 heterocycles. The zero-order chi connectivity index (χ0) is 25.7. The molecule has 2 N–H and O–H groups in total. The Balaban J connectivity index is 1.58. The molecule has 36 heavy (non-hydrogen) atoms. The highest BCUT2D eigenvalue weighted by atomic mass is 35.5. The van der Waals surface area contributed by atoms with Crippen LogP contribution in [0.15, 0.2) is 101 Å². The molecular formula is C26H18ClF3N2O3S. The first-order valence-electron chi connectivity index (χ1n) is 10.5. The summed E-state index contributed by atoms with van der Waals surface area (Å²) in [5.41, 5.74) is 0.0475. The molecule has 2 amide bonds. The van der Waals surface area contributed by atoms with Gasteiger partial charge in [-0.15, -0.1) is 11.8 Å². The van der Waals surface area contributed by atoms with Crippen molar-refractivity contribution >= 4 is 46.6 Å². The topological polar surface area (TPSA) is 71.3 Å². The standard InChI is InChI=1S/C26H18ClF3N2O3S/c27-20-12-11-17(26(28,29)30)14-21(20)32-25(34)23(16-6-2-1-3-7-16)36-19-9-4-8-18(15-19)31-24(33)22-10-5-13-35-22/h1-15,23H,(H,31,33)(H,32,34). The Morgan fingerprint density at radius 2 is 1.67 bits per heavy atom. The zero-order valence-electron chi connectivity index (χ0n) is 18.4. The summed E-state index contributed by atoms with van der Waals surface area (Å²) in [6.45, 7) is 0. The van der Waals surface area contributed by atoms with Gasteiger partial charge in [-0.2, -0.15) is 13.2 Å². The van der Waals surface area contributed by atoms with Crippen LogP contribution in [0.5, 0.6) is 0 Å². The van der Waals surface area contributed by atoms with Crippen LogP contribution in [0.2, 0.25) is 5.02 Å². The van der Waals surface area contributed by atoms with Gasteiger partial charge >= 0.3 is 6.18 Å². The Kier molecular flexibility index (Phi) is 7.71. The molecular weight excluding hydrogens is 513 g/mol. The number of nitrogens with one attached hydrogen (secondary N) is 2. The van der Waals surface area contributed by atoms with Gasteiger partial charge in [-0.25, -0.2) is 0 Å². The molecule has 3 aromatic carbocycles. The van der Waals surface area contributed by atoms with Crippen LogP contribution in [0.3, 0.4) is 0 Å². The lowest BCUT2D eigenvalue weighted by molar-refractivity contribution is -0.137. The normalized spacial score (nSPS) is 12.1. The number of anilines is 2. The average molecular weight is 531 g/mol. The maximum Gasteiger partial charge on any atom is 0.416 e. The predicted molar refractivity (Wildman–Crippen MR) is 133 cm³/mol. The number of hydrogen-bond donors (Lipinski definition) is 2. The summed E-state index contributed by atoms with van der Waals surface area (Å²) < 4.78 is 44.6. The SMILES string of the molecule is O=C(Nc1cccc(SC(C(=O)Nc2cc(C(F)(F)F)ccc2Cl)c2ccccc2)c1)c1ccco1. The number of benzene rings is 3. The minimum absolute atomic E-state index is 0.0178. The van der Waals surface area contributed by atoms with Gasteiger partial charge in [0.25, 0.3) is 5.91 Å². The summed E-state index contributed by atoms with van der Waals surface area (Å²) in [6, 6.07) is 21.5. The van der Waals surface area contributed by atoms with E-state index < -0.39 is 28.8 Å². The maximum atomic E-state index is 13.3. The minimum atomic E-state index is -4.59. The number of halogens is 4. The first kappa shape index (κ1) is 25.4. The third-order valence-corrected chi connectivity index (χ3v) is 6.56. The van der Waals surface area contributed by atoms with Gasteiger partial charge in [-0.3, -0.25) is 9.59 Å². The van der Waals surface area contributed by atoms with Gasteiger partial charge in [0, 0.05) is 10.6 Å². The average Bonchev–Trinajstić information content (AvgIpc) is 3.39. The summed E-state index contributed by atoms with van der Waals surface area (Å²) in [5.74, 6) is -0.844. The predicted octanol–water partition coefficient (Wildman–Crippen LogP) is 7.68. The number of furan rings is 1. The Morgan fingerprint density at radius 3 is 2.36 bits per heavy atom. The Labute approximate surface area is 213 Å². The van der Waals surface area contributed by atoms with E-state index in [1.165, 1.54) is 24.1 Å². The van der Waals surface area contributed by atoms with Crippen molar-refractivity contribution in [2.75, 3.05) is 10.6 Å². The Bertz CT molecular complexity index is 1360. The van der Waals surface area contributed by atoms with Crippen LogP contribution in [0.1, 0.15) is 26.9 Å². The second-order valence-electron chi connectivity index (χ2n) is 7.55. The van der Waals surface area contributed by atoms with Crippen molar-refractivity contribution in [1.82, 2.24) is 0 Å². The summed E-state index contributed by atoms with van der Waals surface area (Å²) in [7, 11) is 0. The van der Waals surface area contributed by atoms with E-state index in [1.807, 2.05) is 0 Å². The fourth-order valence-corrected chi connectivity index (χ4v) is 4.53. The molecule has 0 aliphatic carbocycles. The lowest BCUT2D eigenvalue weighted by Crippen LogP contribution is -2.20. The van der Waals surface area contributed by atoms with E-state index in [1.54, 1.807) is 60.7 Å². The second-order valence-corrected chi connectivity index (χ2v) is 9.14. The van der Waals surface area contributed by atoms with E-state index in [2.05, 4.69) is 10.6 Å². The third kappa shape index (κ3) is 6.30. The number of alkyl halides is 3. The van der Waals surface area contributed by atoms with E-state index in [-0.39, 0.29) is 16.5 Å². The van der Waals surface area contributed by atoms with Crippen molar-refractivity contribution in [3.05, 3.63) is 113 Å². The van der Waals surface area contributed by atoms with Crippen LogP contribution in [-0.2, 0) is 11.0 Å². The number of carbonyl (C=O) groups is 2. The minimum Gasteiger partial charge on any atom is -0.459 e. The largest absolute Gasteiger partial charge is 0.459 e. The molecule has 0 spiro atoms. The highest BCUT2D eigenvalue weighted by Crippen LogP contribution is 2.39. The molecule has 10 heteroatoms. The lowest BCUT2D eigenvalue weighted by Gasteiger charge is -2.19. The van der Waals surface area contributed by atoms with E-state index in [4.69, 9.17) is 16.0 Å². The highest BCUT2D eigenvalue weighted by molar-refractivity contribution is 8.00. The molecule has 184 valence electrons. The van der Waals surface area contributed by atoms with Crippen LogP contribution in [0.4, 0.5) is 24.5 Å². The third-order valence-electron chi connectivity index (χ3n) is 4.98. The van der Waals surface area contributed by atoms with Gasteiger partial charge in [0.15, 0.2) is 5.76 Å². The van der Waals surface area contributed by atoms with Crippen LogP contribution < -0.4 is 10.6 Å². The van der Waals surface area contributed by atoms with Crippen molar-refractivity contribution in [2.24, 2.45) is 0 Å². The molecule has 4 aromatic rings. The number of rotatable bonds is 7. The maximum absolute atomic E-state index is 13.3. The first-order valence-corrected chi connectivity index (χ1v) is 11.8. The summed E-state index contributed by atoms with van der Waals surface area (Å²) in [5, 5.41) is 4.41. The zero-order valence-corrected chi connectivity index (χ0v) is 20.0. The molecule has 0 saturated heterocycles. The Hall–Kier alpha value is -3.69. The van der Waals surface area contributed by atoms with Crippen molar-refractivity contribution in [2.45, 2.75) is 16.3 Å². The van der Waals surface area contributed by atoms with Gasteiger partial charge in [0.1, 0.15) is 5.25 Å². The number of carbonyl (C=O) groups excluding carboxylic acids is 2. The number of amides is 2. The van der Waals surface area contributed by atoms with Gasteiger partial charge in [-0.05, 0) is 54.1 Å². The van der Waals surface area contributed by atoms with Crippen molar-refractivity contribution in [3.8, 4) is 0 Å². The van der Waals surface area contributed by atoms with E-state index in [0.717, 1.165) is 18.2 Å². The summed E-state index contributed by atoms with van der Waals surface area (Å²) in [4.78, 5) is 26.2. The quantitative estimate of drug-likeness (QED) is 0.240. The van der Waals surface area contributed by atoms with Gasteiger partial charge in [0.2, 0.25) is 5.91 Å². The molecule has 0 saturated carbocycles. The van der Waals surface area contributed by atoms with Crippen molar-refractivity contribution < 1.29 is 27.2 Å². The van der Waals surface area contributed by atoms with Gasteiger partial charge in [-0.1, -0.05) is 48.0 Å². The molecule has 1 unspecified atom stereocenters. The highest BCUT2D eigenvalue weighted by Gasteiger charge is 2.31. The summed E-state index contributed by atoms with van der Waals surface area (Å²) in [6.07, 6.45) is -3.20. The molecule has 4 rings (SSSR count). The summed E-state index contributed by atoms with van der Waals surface area (Å²) >= 11 is 7.25. The van der Waals surface area contributed by atoms with Crippen molar-refractivity contribution in [1.29, 1.82) is 0 Å². The molecule has 0 aliphatic rings. The monoisotopic (exact) mass is 530 g/mol.